The lowest BCUT2D eigenvalue weighted by atomic mass is 10.2. The van der Waals surface area contributed by atoms with Gasteiger partial charge in [0.15, 0.2) is 0 Å². The number of amides is 1. The van der Waals surface area contributed by atoms with Crippen molar-refractivity contribution in [2.75, 3.05) is 38.2 Å². The Morgan fingerprint density at radius 2 is 1.95 bits per heavy atom. The van der Waals surface area contributed by atoms with Gasteiger partial charge in [-0.3, -0.25) is 4.79 Å². The fourth-order valence-corrected chi connectivity index (χ4v) is 2.84. The molecule has 0 aliphatic carbocycles. The van der Waals surface area contributed by atoms with Gasteiger partial charge in [-0.05, 0) is 6.07 Å². The van der Waals surface area contributed by atoms with Crippen LogP contribution in [0.3, 0.4) is 0 Å². The molecule has 1 aromatic rings. The second-order valence-electron chi connectivity index (χ2n) is 4.54. The van der Waals surface area contributed by atoms with Crippen LogP contribution in [0.1, 0.15) is 10.4 Å². The predicted octanol–water partition coefficient (Wildman–Crippen LogP) is -0.480. The average Bonchev–Trinajstić information content (AvgIpc) is 2.40. The van der Waals surface area contributed by atoms with Crippen LogP contribution >= 0.6 is 0 Å². The molecule has 0 radical (unpaired) electrons. The van der Waals surface area contributed by atoms with Crippen molar-refractivity contribution in [1.29, 1.82) is 0 Å². The zero-order valence-corrected chi connectivity index (χ0v) is 11.7. The highest BCUT2D eigenvalue weighted by Crippen LogP contribution is 2.15. The van der Waals surface area contributed by atoms with Crippen LogP contribution in [-0.2, 0) is 10.0 Å². The number of halogens is 1. The first-order valence-electron chi connectivity index (χ1n) is 5.94. The Hall–Kier alpha value is -1.74. The Balaban J connectivity index is 2.11. The van der Waals surface area contributed by atoms with Crippen LogP contribution in [0, 0.1) is 5.82 Å². The molecular formula is C11H15FN4O3S. The molecule has 1 saturated heterocycles. The van der Waals surface area contributed by atoms with Crippen LogP contribution in [0.15, 0.2) is 12.3 Å². The van der Waals surface area contributed by atoms with Gasteiger partial charge in [-0.1, -0.05) is 0 Å². The number of hydrogen-bond acceptors (Lipinski definition) is 5. The molecule has 0 unspecified atom stereocenters. The summed E-state index contributed by atoms with van der Waals surface area (Å²) in [5.74, 6) is -1.12. The fraction of sp³-hybridized carbons (Fsp3) is 0.455. The smallest absolute Gasteiger partial charge is 0.257 e. The quantitative estimate of drug-likeness (QED) is 0.796. The molecule has 1 aromatic heterocycles. The summed E-state index contributed by atoms with van der Waals surface area (Å²) in [7, 11) is -3.26. The summed E-state index contributed by atoms with van der Waals surface area (Å²) in [6.45, 7) is 0.907. The number of nitrogen functional groups attached to an aromatic ring is 1. The van der Waals surface area contributed by atoms with Crippen molar-refractivity contribution in [3.05, 3.63) is 23.6 Å². The van der Waals surface area contributed by atoms with E-state index in [9.17, 15) is 17.6 Å². The van der Waals surface area contributed by atoms with E-state index in [1.54, 1.807) is 0 Å². The summed E-state index contributed by atoms with van der Waals surface area (Å²) in [5.41, 5.74) is 5.56. The molecule has 20 heavy (non-hydrogen) atoms. The Morgan fingerprint density at radius 1 is 1.35 bits per heavy atom. The Kier molecular flexibility index (Phi) is 3.91. The minimum Gasteiger partial charge on any atom is -0.383 e. The van der Waals surface area contributed by atoms with Crippen molar-refractivity contribution < 1.29 is 17.6 Å². The first-order chi connectivity index (χ1) is 9.29. The van der Waals surface area contributed by atoms with Gasteiger partial charge in [0.05, 0.1) is 18.0 Å². The number of hydrogen-bond donors (Lipinski definition) is 1. The third kappa shape index (κ3) is 3.05. The highest BCUT2D eigenvalue weighted by Gasteiger charge is 2.27. The lowest BCUT2D eigenvalue weighted by molar-refractivity contribution is 0.0698. The van der Waals surface area contributed by atoms with E-state index in [1.165, 1.54) is 9.21 Å². The normalized spacial score (nSPS) is 17.2. The van der Waals surface area contributed by atoms with Crippen molar-refractivity contribution in [2.45, 2.75) is 0 Å². The van der Waals surface area contributed by atoms with Crippen LogP contribution in [0.5, 0.6) is 0 Å². The summed E-state index contributed by atoms with van der Waals surface area (Å²) in [6, 6.07) is 1.04. The minimum atomic E-state index is -3.26. The molecule has 0 saturated carbocycles. The third-order valence-corrected chi connectivity index (χ3v) is 4.41. The van der Waals surface area contributed by atoms with Gasteiger partial charge in [0.1, 0.15) is 11.6 Å². The molecule has 110 valence electrons. The van der Waals surface area contributed by atoms with Crippen LogP contribution in [-0.4, -0.2) is 60.9 Å². The van der Waals surface area contributed by atoms with Gasteiger partial charge in [0.25, 0.3) is 5.91 Å². The van der Waals surface area contributed by atoms with E-state index in [-0.39, 0.29) is 37.6 Å². The summed E-state index contributed by atoms with van der Waals surface area (Å²) in [4.78, 5) is 17.2. The number of piperazine rings is 1. The molecule has 0 spiro atoms. The highest BCUT2D eigenvalue weighted by molar-refractivity contribution is 7.88. The molecule has 7 nitrogen and oxygen atoms in total. The number of rotatable bonds is 2. The molecular weight excluding hydrogens is 287 g/mol. The van der Waals surface area contributed by atoms with Crippen molar-refractivity contribution in [1.82, 2.24) is 14.2 Å². The molecule has 1 fully saturated rings. The SMILES string of the molecule is CS(=O)(=O)N1CCN(C(=O)c2cc(F)cnc2N)CC1. The fourth-order valence-electron chi connectivity index (χ4n) is 2.01. The minimum absolute atomic E-state index is 0.00203. The van der Waals surface area contributed by atoms with Gasteiger partial charge < -0.3 is 10.6 Å². The van der Waals surface area contributed by atoms with Gasteiger partial charge >= 0.3 is 0 Å². The molecule has 0 bridgehead atoms. The summed E-state index contributed by atoms with van der Waals surface area (Å²) in [6.07, 6.45) is 2.06. The van der Waals surface area contributed by atoms with E-state index in [0.717, 1.165) is 18.5 Å². The largest absolute Gasteiger partial charge is 0.383 e. The topological polar surface area (TPSA) is 96.6 Å². The van der Waals surface area contributed by atoms with E-state index in [0.29, 0.717) is 0 Å². The van der Waals surface area contributed by atoms with Crippen LogP contribution < -0.4 is 5.73 Å². The Bertz CT molecular complexity index is 627. The number of pyridine rings is 1. The van der Waals surface area contributed by atoms with Crippen LogP contribution in [0.2, 0.25) is 0 Å². The third-order valence-electron chi connectivity index (χ3n) is 3.11. The summed E-state index contributed by atoms with van der Waals surface area (Å²) in [5, 5.41) is 0. The van der Waals surface area contributed by atoms with E-state index in [4.69, 9.17) is 5.73 Å². The highest BCUT2D eigenvalue weighted by atomic mass is 32.2. The molecule has 0 aromatic carbocycles. The van der Waals surface area contributed by atoms with E-state index in [2.05, 4.69) is 4.98 Å². The Morgan fingerprint density at radius 3 is 2.50 bits per heavy atom. The van der Waals surface area contributed by atoms with Crippen molar-refractivity contribution in [3.8, 4) is 0 Å². The van der Waals surface area contributed by atoms with E-state index >= 15 is 0 Å². The number of nitrogens with zero attached hydrogens (tertiary/aromatic N) is 3. The molecule has 1 aliphatic rings. The van der Waals surface area contributed by atoms with Crippen molar-refractivity contribution in [3.63, 3.8) is 0 Å². The maximum absolute atomic E-state index is 13.1. The molecule has 9 heteroatoms. The summed E-state index contributed by atoms with van der Waals surface area (Å²) >= 11 is 0. The molecule has 1 aliphatic heterocycles. The van der Waals surface area contributed by atoms with Gasteiger partial charge in [0, 0.05) is 26.2 Å². The van der Waals surface area contributed by atoms with Crippen molar-refractivity contribution >= 4 is 21.7 Å². The number of carbonyl (C=O) groups excluding carboxylic acids is 1. The lowest BCUT2D eigenvalue weighted by Crippen LogP contribution is -2.50. The van der Waals surface area contributed by atoms with Gasteiger partial charge in [-0.25, -0.2) is 17.8 Å². The Labute approximate surface area is 116 Å². The molecule has 2 rings (SSSR count). The number of aromatic nitrogens is 1. The summed E-state index contributed by atoms with van der Waals surface area (Å²) < 4.78 is 37.2. The van der Waals surface area contributed by atoms with Gasteiger partial charge in [0.2, 0.25) is 10.0 Å². The molecule has 2 N–H and O–H groups in total. The molecule has 1 amide bonds. The van der Waals surface area contributed by atoms with E-state index in [1.807, 2.05) is 0 Å². The predicted molar refractivity (Wildman–Crippen MR) is 70.9 cm³/mol. The first kappa shape index (κ1) is 14.7. The standard InChI is InChI=1S/C11H15FN4O3S/c1-20(18,19)16-4-2-15(3-5-16)11(17)9-6-8(12)7-14-10(9)13/h6-7H,2-5H2,1H3,(H2,13,14). The maximum atomic E-state index is 13.1. The second-order valence-corrected chi connectivity index (χ2v) is 6.52. The maximum Gasteiger partial charge on any atom is 0.257 e. The zero-order valence-electron chi connectivity index (χ0n) is 10.9. The van der Waals surface area contributed by atoms with Crippen molar-refractivity contribution in [2.24, 2.45) is 0 Å². The van der Waals surface area contributed by atoms with Crippen LogP contribution in [0.4, 0.5) is 10.2 Å². The number of nitrogens with two attached hydrogens (primary N) is 1. The molecule has 0 atom stereocenters. The zero-order chi connectivity index (χ0) is 14.9. The first-order valence-corrected chi connectivity index (χ1v) is 7.79. The second kappa shape index (κ2) is 5.33. The average molecular weight is 302 g/mol. The molecule has 2 heterocycles. The number of anilines is 1. The van der Waals surface area contributed by atoms with Gasteiger partial charge in [-0.2, -0.15) is 4.31 Å². The van der Waals surface area contributed by atoms with Crippen LogP contribution in [0.25, 0.3) is 0 Å². The van der Waals surface area contributed by atoms with Gasteiger partial charge in [-0.15, -0.1) is 0 Å². The monoisotopic (exact) mass is 302 g/mol. The lowest BCUT2D eigenvalue weighted by Gasteiger charge is -2.33. The number of sulfonamides is 1. The number of carbonyl (C=O) groups is 1. The van der Waals surface area contributed by atoms with E-state index < -0.39 is 21.7 Å².